The Labute approximate surface area is 132 Å². The minimum absolute atomic E-state index is 1.09. The number of thiazole rings is 2. The van der Waals surface area contributed by atoms with Crippen molar-refractivity contribution < 1.29 is 4.57 Å². The summed E-state index contributed by atoms with van der Waals surface area (Å²) < 4.78 is 3.45. The highest BCUT2D eigenvalue weighted by atomic mass is 32.2. The van der Waals surface area contributed by atoms with Crippen LogP contribution in [0.2, 0.25) is 0 Å². The van der Waals surface area contributed by atoms with Gasteiger partial charge in [-0.25, -0.2) is 4.57 Å². The first-order valence-electron chi connectivity index (χ1n) is 6.76. The zero-order valence-electron chi connectivity index (χ0n) is 12.6. The van der Waals surface area contributed by atoms with Gasteiger partial charge in [-0.3, -0.25) is 0 Å². The van der Waals surface area contributed by atoms with Crippen molar-refractivity contribution in [1.82, 2.24) is 4.98 Å². The van der Waals surface area contributed by atoms with Crippen LogP contribution in [0.3, 0.4) is 0 Å². The lowest BCUT2D eigenvalue weighted by Gasteiger charge is -2.11. The van der Waals surface area contributed by atoms with Crippen molar-refractivity contribution >= 4 is 50.2 Å². The molecule has 0 radical (unpaired) electrons. The Hall–Kier alpha value is -1.72. The van der Waals surface area contributed by atoms with Crippen LogP contribution in [0.5, 0.6) is 0 Å². The van der Waals surface area contributed by atoms with Crippen LogP contribution >= 0.6 is 22.7 Å². The molecule has 0 unspecified atom stereocenters. The number of hydrogen-bond donors (Lipinski definition) is 0. The molecule has 2 heterocycles. The summed E-state index contributed by atoms with van der Waals surface area (Å²) in [4.78, 5) is 6.68. The van der Waals surface area contributed by atoms with E-state index in [4.69, 9.17) is 0 Å². The summed E-state index contributed by atoms with van der Waals surface area (Å²) in [5, 5.41) is 2.35. The van der Waals surface area contributed by atoms with E-state index >= 15 is 0 Å². The van der Waals surface area contributed by atoms with E-state index in [0.717, 1.165) is 10.7 Å². The van der Waals surface area contributed by atoms with Gasteiger partial charge in [0.15, 0.2) is 9.02 Å². The molecule has 0 amide bonds. The monoisotopic (exact) mass is 316 g/mol. The van der Waals surface area contributed by atoms with E-state index in [-0.39, 0.29) is 0 Å². The number of nitrogens with zero attached hydrogens (tertiary/aromatic N) is 3. The summed E-state index contributed by atoms with van der Waals surface area (Å²) in [6, 6.07) is 8.56. The zero-order chi connectivity index (χ0) is 15.0. The lowest BCUT2D eigenvalue weighted by molar-refractivity contribution is -0.644. The van der Waals surface area contributed by atoms with E-state index < -0.39 is 0 Å². The molecule has 21 heavy (non-hydrogen) atoms. The van der Waals surface area contributed by atoms with Crippen LogP contribution in [0, 0.1) is 6.92 Å². The summed E-state index contributed by atoms with van der Waals surface area (Å²) in [6.07, 6.45) is 4.32. The molecular formula is C16H18N3S2+. The van der Waals surface area contributed by atoms with Gasteiger partial charge >= 0.3 is 5.65 Å². The lowest BCUT2D eigenvalue weighted by atomic mass is 10.2. The maximum Gasteiger partial charge on any atom is 0.352 e. The Bertz CT molecular complexity index is 795. The predicted octanol–water partition coefficient (Wildman–Crippen LogP) is 3.73. The normalized spacial score (nSPS) is 11.6. The molecule has 2 aromatic heterocycles. The van der Waals surface area contributed by atoms with Crippen molar-refractivity contribution in [2.24, 2.45) is 7.05 Å². The fourth-order valence-electron chi connectivity index (χ4n) is 2.14. The van der Waals surface area contributed by atoms with Gasteiger partial charge in [0.05, 0.1) is 7.05 Å². The SMILES string of the molecule is Cc1nc2c(s1)sc(/C=C/c1ccc(N(C)C)cc1)[n+]2C. The van der Waals surface area contributed by atoms with Gasteiger partial charge < -0.3 is 4.90 Å². The minimum Gasteiger partial charge on any atom is -0.378 e. The highest BCUT2D eigenvalue weighted by molar-refractivity contribution is 7.37. The van der Waals surface area contributed by atoms with Crippen LogP contribution in [0.4, 0.5) is 5.69 Å². The van der Waals surface area contributed by atoms with Gasteiger partial charge in [0.1, 0.15) is 0 Å². The van der Waals surface area contributed by atoms with E-state index in [1.54, 1.807) is 22.7 Å². The van der Waals surface area contributed by atoms with E-state index in [9.17, 15) is 0 Å². The van der Waals surface area contributed by atoms with Gasteiger partial charge in [0, 0.05) is 26.7 Å². The van der Waals surface area contributed by atoms with Crippen LogP contribution in [0.25, 0.3) is 21.8 Å². The van der Waals surface area contributed by atoms with Gasteiger partial charge in [-0.15, -0.1) is 0 Å². The number of aromatic nitrogens is 2. The molecule has 0 fully saturated rings. The first-order valence-corrected chi connectivity index (χ1v) is 8.39. The molecule has 0 spiro atoms. The van der Waals surface area contributed by atoms with Crippen molar-refractivity contribution in [3.05, 3.63) is 39.8 Å². The smallest absolute Gasteiger partial charge is 0.352 e. The Morgan fingerprint density at radius 2 is 1.81 bits per heavy atom. The molecule has 0 atom stereocenters. The number of rotatable bonds is 3. The summed E-state index contributed by atoms with van der Waals surface area (Å²) >= 11 is 3.56. The Morgan fingerprint density at radius 1 is 1.10 bits per heavy atom. The topological polar surface area (TPSA) is 20.0 Å². The molecule has 3 rings (SSSR count). The Kier molecular flexibility index (Phi) is 3.78. The lowest BCUT2D eigenvalue weighted by Crippen LogP contribution is -2.29. The third-order valence-corrected chi connectivity index (χ3v) is 5.60. The second kappa shape index (κ2) is 5.58. The van der Waals surface area contributed by atoms with Crippen molar-refractivity contribution in [1.29, 1.82) is 0 Å². The van der Waals surface area contributed by atoms with Crippen LogP contribution in [-0.2, 0) is 7.05 Å². The molecule has 0 saturated carbocycles. The standard InChI is InChI=1S/C16H18N3S2/c1-11-17-15-16(20-11)21-14(19(15)4)10-7-12-5-8-13(9-6-12)18(2)3/h5-10H,1-4H3/q+1. The Balaban J connectivity index is 1.86. The van der Waals surface area contributed by atoms with Crippen molar-refractivity contribution in [2.45, 2.75) is 6.92 Å². The van der Waals surface area contributed by atoms with E-state index in [2.05, 4.69) is 78.9 Å². The maximum absolute atomic E-state index is 4.57. The highest BCUT2D eigenvalue weighted by Crippen LogP contribution is 2.27. The third-order valence-electron chi connectivity index (χ3n) is 3.36. The van der Waals surface area contributed by atoms with Gasteiger partial charge in [-0.2, -0.15) is 0 Å². The van der Waals surface area contributed by atoms with Crippen molar-refractivity contribution in [2.75, 3.05) is 19.0 Å². The molecule has 1 aromatic carbocycles. The molecule has 5 heteroatoms. The average molecular weight is 316 g/mol. The quantitative estimate of drug-likeness (QED) is 0.686. The van der Waals surface area contributed by atoms with E-state index in [1.807, 2.05) is 0 Å². The molecular weight excluding hydrogens is 298 g/mol. The molecule has 3 nitrogen and oxygen atoms in total. The van der Waals surface area contributed by atoms with E-state index in [1.165, 1.54) is 20.3 Å². The molecule has 0 aliphatic heterocycles. The number of hydrogen-bond acceptors (Lipinski definition) is 4. The second-order valence-electron chi connectivity index (χ2n) is 5.16. The number of aryl methyl sites for hydroxylation is 2. The zero-order valence-corrected chi connectivity index (χ0v) is 14.3. The fraction of sp³-hybridized carbons (Fsp3) is 0.250. The molecule has 0 N–H and O–H groups in total. The van der Waals surface area contributed by atoms with Gasteiger partial charge in [0.25, 0.3) is 0 Å². The molecule has 108 valence electrons. The van der Waals surface area contributed by atoms with Crippen LogP contribution in [0.15, 0.2) is 24.3 Å². The predicted molar refractivity (Wildman–Crippen MR) is 93.1 cm³/mol. The summed E-state index contributed by atoms with van der Waals surface area (Å²) in [5.74, 6) is 0. The molecule has 3 aromatic rings. The average Bonchev–Trinajstić information content (AvgIpc) is 2.95. The van der Waals surface area contributed by atoms with Crippen LogP contribution in [-0.4, -0.2) is 19.1 Å². The largest absolute Gasteiger partial charge is 0.378 e. The molecule has 0 bridgehead atoms. The summed E-state index contributed by atoms with van der Waals surface area (Å²) in [7, 11) is 6.18. The van der Waals surface area contributed by atoms with Crippen molar-refractivity contribution in [3.63, 3.8) is 0 Å². The Morgan fingerprint density at radius 3 is 2.43 bits per heavy atom. The van der Waals surface area contributed by atoms with Gasteiger partial charge in [-0.05, 0) is 34.8 Å². The fourth-order valence-corrected chi connectivity index (χ4v) is 4.42. The summed E-state index contributed by atoms with van der Waals surface area (Å²) in [5.41, 5.74) is 3.51. The van der Waals surface area contributed by atoms with Gasteiger partial charge in [0.2, 0.25) is 5.01 Å². The minimum atomic E-state index is 1.09. The second-order valence-corrected chi connectivity index (χ2v) is 7.65. The van der Waals surface area contributed by atoms with E-state index in [0.29, 0.717) is 0 Å². The first-order chi connectivity index (χ1) is 10.0. The maximum atomic E-state index is 4.57. The van der Waals surface area contributed by atoms with Crippen LogP contribution in [0.1, 0.15) is 15.6 Å². The number of fused-ring (bicyclic) bond motifs is 1. The number of benzene rings is 1. The highest BCUT2D eigenvalue weighted by Gasteiger charge is 2.18. The molecule has 0 saturated heterocycles. The molecule has 0 aliphatic rings. The first kappa shape index (κ1) is 14.2. The third kappa shape index (κ3) is 2.84. The summed E-state index contributed by atoms with van der Waals surface area (Å²) in [6.45, 7) is 2.05. The number of anilines is 1. The molecule has 0 aliphatic carbocycles. The van der Waals surface area contributed by atoms with Crippen molar-refractivity contribution in [3.8, 4) is 0 Å². The van der Waals surface area contributed by atoms with Crippen LogP contribution < -0.4 is 9.47 Å². The van der Waals surface area contributed by atoms with Gasteiger partial charge in [-0.1, -0.05) is 34.8 Å².